The molecular formula is C21H30O. The molecule has 0 aliphatic heterocycles. The van der Waals surface area contributed by atoms with Crippen LogP contribution in [-0.4, -0.2) is 10.7 Å². The van der Waals surface area contributed by atoms with Gasteiger partial charge in [0, 0.05) is 6.42 Å². The topological polar surface area (TPSA) is 20.2 Å². The molecule has 5 unspecified atom stereocenters. The van der Waals surface area contributed by atoms with Crippen LogP contribution in [0.15, 0.2) is 18.2 Å². The van der Waals surface area contributed by atoms with E-state index >= 15 is 0 Å². The van der Waals surface area contributed by atoms with E-state index in [1.807, 2.05) is 0 Å². The van der Waals surface area contributed by atoms with Crippen molar-refractivity contribution in [1.82, 2.24) is 0 Å². The summed E-state index contributed by atoms with van der Waals surface area (Å²) in [4.78, 5) is 0. The number of aryl methyl sites for hydroxylation is 2. The lowest BCUT2D eigenvalue weighted by molar-refractivity contribution is -0.118. The van der Waals surface area contributed by atoms with Crippen LogP contribution in [0.1, 0.15) is 62.6 Å². The molecule has 3 aliphatic carbocycles. The van der Waals surface area contributed by atoms with E-state index in [4.69, 9.17) is 0 Å². The Morgan fingerprint density at radius 3 is 2.68 bits per heavy atom. The maximum Gasteiger partial charge on any atom is 0.0719 e. The van der Waals surface area contributed by atoms with Gasteiger partial charge in [0.15, 0.2) is 0 Å². The molecule has 22 heavy (non-hydrogen) atoms. The lowest BCUT2D eigenvalue weighted by atomic mass is 9.55. The summed E-state index contributed by atoms with van der Waals surface area (Å²) in [6.07, 6.45) is 8.13. The second-order valence-electron chi connectivity index (χ2n) is 8.79. The summed E-state index contributed by atoms with van der Waals surface area (Å²) in [7, 11) is 0. The highest BCUT2D eigenvalue weighted by molar-refractivity contribution is 5.35. The summed E-state index contributed by atoms with van der Waals surface area (Å²) in [5, 5.41) is 11.6. The van der Waals surface area contributed by atoms with Crippen LogP contribution < -0.4 is 0 Å². The van der Waals surface area contributed by atoms with Gasteiger partial charge in [-0.2, -0.15) is 0 Å². The Hall–Kier alpha value is -0.820. The molecule has 2 fully saturated rings. The van der Waals surface area contributed by atoms with E-state index in [2.05, 4.69) is 39.0 Å². The maximum absolute atomic E-state index is 11.6. The molecular weight excluding hydrogens is 268 g/mol. The van der Waals surface area contributed by atoms with Crippen molar-refractivity contribution in [2.45, 2.75) is 71.3 Å². The molecule has 1 aromatic rings. The molecule has 3 aliphatic rings. The van der Waals surface area contributed by atoms with Gasteiger partial charge in [0.25, 0.3) is 0 Å². The number of hydrogen-bond acceptors (Lipinski definition) is 1. The van der Waals surface area contributed by atoms with Crippen LogP contribution >= 0.6 is 0 Å². The highest BCUT2D eigenvalue weighted by Crippen LogP contribution is 2.61. The van der Waals surface area contributed by atoms with Gasteiger partial charge in [0.1, 0.15) is 0 Å². The molecule has 1 heteroatoms. The molecule has 0 heterocycles. The van der Waals surface area contributed by atoms with E-state index in [0.29, 0.717) is 11.3 Å². The minimum Gasteiger partial charge on any atom is -0.389 e. The molecule has 5 atom stereocenters. The summed E-state index contributed by atoms with van der Waals surface area (Å²) >= 11 is 0. The van der Waals surface area contributed by atoms with Gasteiger partial charge >= 0.3 is 0 Å². The van der Waals surface area contributed by atoms with Crippen molar-refractivity contribution in [3.05, 3.63) is 34.9 Å². The monoisotopic (exact) mass is 298 g/mol. The lowest BCUT2D eigenvalue weighted by Gasteiger charge is -2.52. The smallest absolute Gasteiger partial charge is 0.0719 e. The minimum absolute atomic E-state index is 0.451. The van der Waals surface area contributed by atoms with Crippen LogP contribution in [0.5, 0.6) is 0 Å². The zero-order valence-corrected chi connectivity index (χ0v) is 14.4. The van der Waals surface area contributed by atoms with Gasteiger partial charge in [-0.25, -0.2) is 0 Å². The van der Waals surface area contributed by atoms with Crippen molar-refractivity contribution in [1.29, 1.82) is 0 Å². The number of fused-ring (bicyclic) bond motifs is 4. The lowest BCUT2D eigenvalue weighted by Crippen LogP contribution is -2.52. The summed E-state index contributed by atoms with van der Waals surface area (Å²) in [6.45, 7) is 7.12. The zero-order chi connectivity index (χ0) is 15.5. The Morgan fingerprint density at radius 2 is 1.86 bits per heavy atom. The molecule has 0 spiro atoms. The Balaban J connectivity index is 1.71. The molecule has 1 nitrogen and oxygen atoms in total. The van der Waals surface area contributed by atoms with Crippen molar-refractivity contribution < 1.29 is 5.11 Å². The second kappa shape index (κ2) is 4.84. The fraction of sp³-hybridized carbons (Fsp3) is 0.714. The Morgan fingerprint density at radius 1 is 1.05 bits per heavy atom. The van der Waals surface area contributed by atoms with Crippen LogP contribution in [-0.2, 0) is 12.8 Å². The van der Waals surface area contributed by atoms with E-state index in [1.54, 1.807) is 0 Å². The molecule has 2 saturated carbocycles. The quantitative estimate of drug-likeness (QED) is 0.737. The van der Waals surface area contributed by atoms with Gasteiger partial charge in [-0.15, -0.1) is 0 Å². The molecule has 0 amide bonds. The minimum atomic E-state index is -0.451. The van der Waals surface area contributed by atoms with Crippen LogP contribution in [0, 0.1) is 30.1 Å². The number of benzene rings is 1. The fourth-order valence-corrected chi connectivity index (χ4v) is 6.09. The first-order valence-electron chi connectivity index (χ1n) is 9.23. The van der Waals surface area contributed by atoms with Crippen LogP contribution in [0.4, 0.5) is 0 Å². The number of hydrogen-bond donors (Lipinski definition) is 1. The predicted molar refractivity (Wildman–Crippen MR) is 90.9 cm³/mol. The first-order valence-corrected chi connectivity index (χ1v) is 9.23. The van der Waals surface area contributed by atoms with Gasteiger partial charge in [0.05, 0.1) is 5.60 Å². The van der Waals surface area contributed by atoms with Crippen molar-refractivity contribution >= 4 is 0 Å². The fourth-order valence-electron chi connectivity index (χ4n) is 6.09. The Bertz CT molecular complexity index is 592. The average molecular weight is 298 g/mol. The van der Waals surface area contributed by atoms with Crippen LogP contribution in [0.3, 0.4) is 0 Å². The second-order valence-corrected chi connectivity index (χ2v) is 8.79. The Kier molecular flexibility index (Phi) is 3.24. The van der Waals surface area contributed by atoms with Crippen molar-refractivity contribution in [2.24, 2.45) is 23.2 Å². The maximum atomic E-state index is 11.6. The van der Waals surface area contributed by atoms with Crippen molar-refractivity contribution in [2.75, 3.05) is 0 Å². The standard InChI is InChI=1S/C21H30O/c1-14-4-6-16-7-9-19-18-8-5-15(2)20(18,3)10-11-21(19,22)13-17(16)12-14/h4,6,12,15,18-19,22H,5,7-11,13H2,1-3H3. The highest BCUT2D eigenvalue weighted by Gasteiger charge is 2.57. The van der Waals surface area contributed by atoms with E-state index in [-0.39, 0.29) is 0 Å². The molecule has 120 valence electrons. The molecule has 0 aromatic heterocycles. The van der Waals surface area contributed by atoms with Gasteiger partial charge in [0.2, 0.25) is 0 Å². The van der Waals surface area contributed by atoms with Gasteiger partial charge in [-0.3, -0.25) is 0 Å². The van der Waals surface area contributed by atoms with Crippen LogP contribution in [0.25, 0.3) is 0 Å². The van der Waals surface area contributed by atoms with E-state index in [1.165, 1.54) is 42.4 Å². The summed E-state index contributed by atoms with van der Waals surface area (Å²) in [5.74, 6) is 2.07. The molecule has 4 rings (SSSR count). The largest absolute Gasteiger partial charge is 0.389 e. The molecule has 0 saturated heterocycles. The van der Waals surface area contributed by atoms with Crippen molar-refractivity contribution in [3.63, 3.8) is 0 Å². The first kappa shape index (κ1) is 14.8. The third kappa shape index (κ3) is 2.01. The van der Waals surface area contributed by atoms with Crippen molar-refractivity contribution in [3.8, 4) is 0 Å². The normalized spacial score (nSPS) is 43.9. The third-order valence-corrected chi connectivity index (χ3v) is 7.74. The molecule has 0 bridgehead atoms. The number of rotatable bonds is 0. The predicted octanol–water partition coefficient (Wildman–Crippen LogP) is 4.68. The first-order chi connectivity index (χ1) is 10.4. The summed E-state index contributed by atoms with van der Waals surface area (Å²) < 4.78 is 0. The molecule has 1 N–H and O–H groups in total. The van der Waals surface area contributed by atoms with Gasteiger partial charge in [-0.05, 0) is 79.7 Å². The molecule has 0 radical (unpaired) electrons. The summed E-state index contributed by atoms with van der Waals surface area (Å²) in [5.41, 5.74) is 4.26. The van der Waals surface area contributed by atoms with Crippen LogP contribution in [0.2, 0.25) is 0 Å². The van der Waals surface area contributed by atoms with E-state index < -0.39 is 5.60 Å². The summed E-state index contributed by atoms with van der Waals surface area (Å²) in [6, 6.07) is 6.86. The highest BCUT2D eigenvalue weighted by atomic mass is 16.3. The number of aliphatic hydroxyl groups is 1. The van der Waals surface area contributed by atoms with E-state index in [0.717, 1.165) is 31.1 Å². The Labute approximate surface area is 135 Å². The van der Waals surface area contributed by atoms with Gasteiger partial charge < -0.3 is 5.11 Å². The van der Waals surface area contributed by atoms with Gasteiger partial charge in [-0.1, -0.05) is 37.6 Å². The van der Waals surface area contributed by atoms with E-state index in [9.17, 15) is 5.11 Å². The average Bonchev–Trinajstić information content (AvgIpc) is 2.68. The third-order valence-electron chi connectivity index (χ3n) is 7.74. The SMILES string of the molecule is Cc1ccc2c(c1)CC1(O)CCC3(C)C(C)CCC3C1CC2. The zero-order valence-electron chi connectivity index (χ0n) is 14.4. The molecule has 1 aromatic carbocycles.